The number of nitrogens with zero attached hydrogens (tertiary/aromatic N) is 1. The third-order valence-corrected chi connectivity index (χ3v) is 4.76. The molecule has 1 fully saturated rings. The third kappa shape index (κ3) is 5.03. The SMILES string of the molecule is COc1ccc(C(=O)NCCCC(=O)Nc2nc(C3CC3)cs2)cc1. The van der Waals surface area contributed by atoms with E-state index >= 15 is 0 Å². The molecule has 0 spiro atoms. The average molecular weight is 359 g/mol. The molecule has 132 valence electrons. The highest BCUT2D eigenvalue weighted by Crippen LogP contribution is 2.40. The molecule has 0 aliphatic heterocycles. The van der Waals surface area contributed by atoms with E-state index in [0.29, 0.717) is 41.7 Å². The van der Waals surface area contributed by atoms with Crippen LogP contribution in [0.4, 0.5) is 5.13 Å². The average Bonchev–Trinajstić information content (AvgIpc) is 3.38. The second kappa shape index (κ2) is 8.11. The molecule has 2 aromatic rings. The van der Waals surface area contributed by atoms with Crippen LogP contribution in [0.5, 0.6) is 5.75 Å². The Morgan fingerprint density at radius 2 is 2.04 bits per heavy atom. The van der Waals surface area contributed by atoms with E-state index < -0.39 is 0 Å². The van der Waals surface area contributed by atoms with Crippen molar-refractivity contribution in [3.8, 4) is 5.75 Å². The van der Waals surface area contributed by atoms with Crippen molar-refractivity contribution in [2.75, 3.05) is 19.0 Å². The van der Waals surface area contributed by atoms with Gasteiger partial charge in [0.15, 0.2) is 5.13 Å². The molecule has 0 atom stereocenters. The molecule has 0 unspecified atom stereocenters. The van der Waals surface area contributed by atoms with Gasteiger partial charge in [-0.1, -0.05) is 0 Å². The topological polar surface area (TPSA) is 80.3 Å². The first-order chi connectivity index (χ1) is 12.2. The van der Waals surface area contributed by atoms with Crippen LogP contribution in [0.1, 0.15) is 47.7 Å². The van der Waals surface area contributed by atoms with Gasteiger partial charge in [0.2, 0.25) is 5.91 Å². The highest BCUT2D eigenvalue weighted by molar-refractivity contribution is 7.13. The van der Waals surface area contributed by atoms with Crippen molar-refractivity contribution < 1.29 is 14.3 Å². The maximum Gasteiger partial charge on any atom is 0.251 e. The third-order valence-electron chi connectivity index (χ3n) is 3.98. The van der Waals surface area contributed by atoms with E-state index in [9.17, 15) is 9.59 Å². The van der Waals surface area contributed by atoms with Gasteiger partial charge in [-0.3, -0.25) is 9.59 Å². The molecular formula is C18H21N3O3S. The molecule has 1 saturated carbocycles. The molecule has 0 saturated heterocycles. The molecule has 2 amide bonds. The van der Waals surface area contributed by atoms with Crippen molar-refractivity contribution in [1.29, 1.82) is 0 Å². The van der Waals surface area contributed by atoms with Crippen LogP contribution in [0.2, 0.25) is 0 Å². The highest BCUT2D eigenvalue weighted by Gasteiger charge is 2.26. The predicted octanol–water partition coefficient (Wildman–Crippen LogP) is 3.18. The van der Waals surface area contributed by atoms with Crippen molar-refractivity contribution in [3.63, 3.8) is 0 Å². The lowest BCUT2D eigenvalue weighted by atomic mass is 10.2. The number of carbonyl (C=O) groups is 2. The molecule has 1 heterocycles. The Morgan fingerprint density at radius 1 is 1.28 bits per heavy atom. The molecule has 1 aliphatic rings. The van der Waals surface area contributed by atoms with Gasteiger partial charge in [0.1, 0.15) is 5.75 Å². The van der Waals surface area contributed by atoms with Gasteiger partial charge in [0.05, 0.1) is 12.8 Å². The number of ether oxygens (including phenoxy) is 1. The minimum absolute atomic E-state index is 0.0737. The van der Waals surface area contributed by atoms with Gasteiger partial charge < -0.3 is 15.4 Å². The standard InChI is InChI=1S/C18H21N3O3S/c1-24-14-8-6-13(7-9-14)17(23)19-10-2-3-16(22)21-18-20-15(11-25-18)12-4-5-12/h6-9,11-12H,2-5,10H2,1H3,(H,19,23)(H,20,21,22). The van der Waals surface area contributed by atoms with Crippen LogP contribution in [-0.2, 0) is 4.79 Å². The smallest absolute Gasteiger partial charge is 0.251 e. The number of hydrogen-bond acceptors (Lipinski definition) is 5. The summed E-state index contributed by atoms with van der Waals surface area (Å²) in [5.74, 6) is 1.07. The first-order valence-corrected chi connectivity index (χ1v) is 9.21. The lowest BCUT2D eigenvalue weighted by Crippen LogP contribution is -2.25. The predicted molar refractivity (Wildman–Crippen MR) is 97.3 cm³/mol. The molecule has 7 heteroatoms. The number of anilines is 1. The summed E-state index contributed by atoms with van der Waals surface area (Å²) in [7, 11) is 1.58. The fraction of sp³-hybridized carbons (Fsp3) is 0.389. The van der Waals surface area contributed by atoms with Crippen molar-refractivity contribution in [2.24, 2.45) is 0 Å². The van der Waals surface area contributed by atoms with Crippen LogP contribution >= 0.6 is 11.3 Å². The van der Waals surface area contributed by atoms with E-state index in [2.05, 4.69) is 15.6 Å². The number of aromatic nitrogens is 1. The van der Waals surface area contributed by atoms with Crippen LogP contribution in [-0.4, -0.2) is 30.5 Å². The number of rotatable bonds is 8. The summed E-state index contributed by atoms with van der Waals surface area (Å²) in [6, 6.07) is 6.90. The summed E-state index contributed by atoms with van der Waals surface area (Å²) in [6.07, 6.45) is 3.33. The second-order valence-electron chi connectivity index (χ2n) is 5.99. The van der Waals surface area contributed by atoms with Crippen molar-refractivity contribution >= 4 is 28.3 Å². The molecule has 0 radical (unpaired) electrons. The van der Waals surface area contributed by atoms with Crippen molar-refractivity contribution in [2.45, 2.75) is 31.6 Å². The maximum absolute atomic E-state index is 12.0. The monoisotopic (exact) mass is 359 g/mol. The fourth-order valence-corrected chi connectivity index (χ4v) is 3.20. The van der Waals surface area contributed by atoms with Gasteiger partial charge in [-0.2, -0.15) is 0 Å². The van der Waals surface area contributed by atoms with Gasteiger partial charge in [-0.05, 0) is 43.5 Å². The molecule has 25 heavy (non-hydrogen) atoms. The van der Waals surface area contributed by atoms with Crippen LogP contribution < -0.4 is 15.4 Å². The minimum Gasteiger partial charge on any atom is -0.497 e. The Hall–Kier alpha value is -2.41. The van der Waals surface area contributed by atoms with Crippen LogP contribution in [0, 0.1) is 0 Å². The van der Waals surface area contributed by atoms with E-state index in [1.807, 2.05) is 5.38 Å². The number of hydrogen-bond donors (Lipinski definition) is 2. The molecule has 6 nitrogen and oxygen atoms in total. The Labute approximate surface area is 150 Å². The largest absolute Gasteiger partial charge is 0.497 e. The quantitative estimate of drug-likeness (QED) is 0.710. The van der Waals surface area contributed by atoms with Gasteiger partial charge in [-0.25, -0.2) is 4.98 Å². The number of carbonyl (C=O) groups excluding carboxylic acids is 2. The van der Waals surface area contributed by atoms with Crippen LogP contribution in [0.3, 0.4) is 0 Å². The molecule has 1 aromatic heterocycles. The number of thiazole rings is 1. The van der Waals surface area contributed by atoms with Gasteiger partial charge in [-0.15, -0.1) is 11.3 Å². The van der Waals surface area contributed by atoms with Crippen LogP contribution in [0.25, 0.3) is 0 Å². The normalized spacial score (nSPS) is 13.3. The lowest BCUT2D eigenvalue weighted by Gasteiger charge is -2.06. The number of amides is 2. The minimum atomic E-state index is -0.156. The van der Waals surface area contributed by atoms with E-state index in [0.717, 1.165) is 5.69 Å². The van der Waals surface area contributed by atoms with E-state index in [-0.39, 0.29) is 11.8 Å². The zero-order chi connectivity index (χ0) is 17.6. The van der Waals surface area contributed by atoms with Gasteiger partial charge in [0, 0.05) is 29.8 Å². The Balaban J connectivity index is 1.35. The number of nitrogens with one attached hydrogen (secondary N) is 2. The molecular weight excluding hydrogens is 338 g/mol. The summed E-state index contributed by atoms with van der Waals surface area (Å²) in [5, 5.41) is 8.31. The summed E-state index contributed by atoms with van der Waals surface area (Å²) in [4.78, 5) is 28.3. The zero-order valence-corrected chi connectivity index (χ0v) is 14.9. The maximum atomic E-state index is 12.0. The molecule has 2 N–H and O–H groups in total. The number of methoxy groups -OCH3 is 1. The van der Waals surface area contributed by atoms with E-state index in [1.54, 1.807) is 31.4 Å². The van der Waals surface area contributed by atoms with Crippen molar-refractivity contribution in [3.05, 3.63) is 40.9 Å². The van der Waals surface area contributed by atoms with Gasteiger partial charge in [0.25, 0.3) is 5.91 Å². The highest BCUT2D eigenvalue weighted by atomic mass is 32.1. The Morgan fingerprint density at radius 3 is 2.72 bits per heavy atom. The van der Waals surface area contributed by atoms with Gasteiger partial charge >= 0.3 is 0 Å². The van der Waals surface area contributed by atoms with Crippen molar-refractivity contribution in [1.82, 2.24) is 10.3 Å². The summed E-state index contributed by atoms with van der Waals surface area (Å²) in [6.45, 7) is 0.448. The Kier molecular flexibility index (Phi) is 5.65. The zero-order valence-electron chi connectivity index (χ0n) is 14.1. The van der Waals surface area contributed by atoms with E-state index in [4.69, 9.17) is 4.74 Å². The lowest BCUT2D eigenvalue weighted by molar-refractivity contribution is -0.116. The first-order valence-electron chi connectivity index (χ1n) is 8.33. The Bertz CT molecular complexity index is 738. The summed E-state index contributed by atoms with van der Waals surface area (Å²) in [5.41, 5.74) is 1.66. The first kappa shape index (κ1) is 17.4. The summed E-state index contributed by atoms with van der Waals surface area (Å²) < 4.78 is 5.06. The second-order valence-corrected chi connectivity index (χ2v) is 6.85. The molecule has 1 aliphatic carbocycles. The van der Waals surface area contributed by atoms with E-state index in [1.165, 1.54) is 24.2 Å². The molecule has 1 aromatic carbocycles. The number of benzene rings is 1. The van der Waals surface area contributed by atoms with Crippen LogP contribution in [0.15, 0.2) is 29.6 Å². The summed E-state index contributed by atoms with van der Waals surface area (Å²) >= 11 is 1.47. The molecule has 0 bridgehead atoms. The fourth-order valence-electron chi connectivity index (χ4n) is 2.39. The molecule has 3 rings (SSSR count).